The topological polar surface area (TPSA) is 74.5 Å². The molecule has 1 unspecified atom stereocenters. The van der Waals surface area contributed by atoms with Gasteiger partial charge in [0.25, 0.3) is 0 Å². The standard InChI is InChI=1S/C19H18ClN3O2/c1-14(24)19(10-11-21)23-22-12-15-6-8-17(9-7-15)25-13-16-4-2-3-5-18(16)20/h2-9,12,19,23H,10,13H2,1H3. The molecule has 1 atom stereocenters. The SMILES string of the molecule is CC(=O)C(CC#N)NN=Cc1ccc(OCc2ccccc2Cl)cc1. The molecule has 0 aliphatic carbocycles. The lowest BCUT2D eigenvalue weighted by Crippen LogP contribution is -2.31. The molecule has 0 bridgehead atoms. The molecule has 25 heavy (non-hydrogen) atoms. The zero-order valence-electron chi connectivity index (χ0n) is 13.8. The molecule has 2 aromatic carbocycles. The van der Waals surface area contributed by atoms with Crippen LogP contribution in [0, 0.1) is 11.3 Å². The first-order chi connectivity index (χ1) is 12.1. The molecular formula is C19H18ClN3O2. The fourth-order valence-corrected chi connectivity index (χ4v) is 2.19. The summed E-state index contributed by atoms with van der Waals surface area (Å²) < 4.78 is 5.71. The number of nitrogens with zero attached hydrogens (tertiary/aromatic N) is 2. The van der Waals surface area contributed by atoms with E-state index in [0.717, 1.165) is 16.9 Å². The Bertz CT molecular complexity index is 782. The molecule has 0 aromatic heterocycles. The van der Waals surface area contributed by atoms with Crippen molar-refractivity contribution in [2.75, 3.05) is 0 Å². The lowest BCUT2D eigenvalue weighted by Gasteiger charge is -2.09. The predicted molar refractivity (Wildman–Crippen MR) is 97.7 cm³/mol. The highest BCUT2D eigenvalue weighted by atomic mass is 35.5. The van der Waals surface area contributed by atoms with Crippen molar-refractivity contribution in [3.63, 3.8) is 0 Å². The van der Waals surface area contributed by atoms with E-state index in [1.807, 2.05) is 54.6 Å². The van der Waals surface area contributed by atoms with Crippen molar-refractivity contribution in [2.24, 2.45) is 5.10 Å². The second kappa shape index (κ2) is 9.45. The van der Waals surface area contributed by atoms with Gasteiger partial charge < -0.3 is 4.74 Å². The normalized spacial score (nSPS) is 11.7. The van der Waals surface area contributed by atoms with Gasteiger partial charge in [-0.3, -0.25) is 10.2 Å². The zero-order valence-corrected chi connectivity index (χ0v) is 14.5. The van der Waals surface area contributed by atoms with E-state index in [0.29, 0.717) is 11.6 Å². The van der Waals surface area contributed by atoms with Crippen LogP contribution in [-0.2, 0) is 11.4 Å². The van der Waals surface area contributed by atoms with Gasteiger partial charge in [0.2, 0.25) is 0 Å². The molecule has 0 saturated heterocycles. The highest BCUT2D eigenvalue weighted by molar-refractivity contribution is 6.31. The van der Waals surface area contributed by atoms with E-state index in [2.05, 4.69) is 10.5 Å². The molecule has 2 aromatic rings. The monoisotopic (exact) mass is 355 g/mol. The van der Waals surface area contributed by atoms with Crippen molar-refractivity contribution < 1.29 is 9.53 Å². The van der Waals surface area contributed by atoms with Gasteiger partial charge in [-0.25, -0.2) is 0 Å². The number of benzene rings is 2. The van der Waals surface area contributed by atoms with Gasteiger partial charge in [0.1, 0.15) is 18.4 Å². The van der Waals surface area contributed by atoms with E-state index in [1.54, 1.807) is 6.21 Å². The molecule has 0 heterocycles. The minimum absolute atomic E-state index is 0.0848. The molecule has 2 rings (SSSR count). The van der Waals surface area contributed by atoms with Crippen LogP contribution in [0.15, 0.2) is 53.6 Å². The number of nitriles is 1. The van der Waals surface area contributed by atoms with Gasteiger partial charge in [0.05, 0.1) is 18.7 Å². The predicted octanol–water partition coefficient (Wildman–Crippen LogP) is 3.71. The number of hydrogen-bond donors (Lipinski definition) is 1. The summed E-state index contributed by atoms with van der Waals surface area (Å²) in [6.07, 6.45) is 1.67. The van der Waals surface area contributed by atoms with E-state index in [9.17, 15) is 4.79 Å². The number of carbonyl (C=O) groups is 1. The van der Waals surface area contributed by atoms with Crippen LogP contribution in [0.4, 0.5) is 0 Å². The summed E-state index contributed by atoms with van der Waals surface area (Å²) in [6.45, 7) is 1.82. The minimum Gasteiger partial charge on any atom is -0.489 e. The summed E-state index contributed by atoms with van der Waals surface area (Å²) in [5.41, 5.74) is 4.45. The highest BCUT2D eigenvalue weighted by Gasteiger charge is 2.11. The Balaban J connectivity index is 1.89. The van der Waals surface area contributed by atoms with E-state index >= 15 is 0 Å². The van der Waals surface area contributed by atoms with E-state index in [4.69, 9.17) is 21.6 Å². The third-order valence-corrected chi connectivity index (χ3v) is 3.83. The van der Waals surface area contributed by atoms with Gasteiger partial charge in [-0.15, -0.1) is 0 Å². The number of ketones is 1. The molecule has 0 aliphatic heterocycles. The van der Waals surface area contributed by atoms with E-state index in [-0.39, 0.29) is 12.2 Å². The van der Waals surface area contributed by atoms with Crippen LogP contribution in [0.3, 0.4) is 0 Å². The molecule has 128 valence electrons. The third kappa shape index (κ3) is 5.94. The second-order valence-electron chi connectivity index (χ2n) is 5.36. The van der Waals surface area contributed by atoms with Crippen LogP contribution in [-0.4, -0.2) is 18.0 Å². The molecule has 0 fully saturated rings. The lowest BCUT2D eigenvalue weighted by molar-refractivity contribution is -0.118. The zero-order chi connectivity index (χ0) is 18.1. The average molecular weight is 356 g/mol. The first kappa shape index (κ1) is 18.5. The van der Waals surface area contributed by atoms with Gasteiger partial charge in [-0.1, -0.05) is 29.8 Å². The van der Waals surface area contributed by atoms with Crippen molar-refractivity contribution >= 4 is 23.6 Å². The van der Waals surface area contributed by atoms with Crippen molar-refractivity contribution in [3.8, 4) is 11.8 Å². The number of halogens is 1. The van der Waals surface area contributed by atoms with Gasteiger partial charge in [0.15, 0.2) is 5.78 Å². The molecular weight excluding hydrogens is 338 g/mol. The van der Waals surface area contributed by atoms with Crippen LogP contribution in [0.1, 0.15) is 24.5 Å². The van der Waals surface area contributed by atoms with Gasteiger partial charge in [0, 0.05) is 10.6 Å². The summed E-state index contributed by atoms with van der Waals surface area (Å²) in [4.78, 5) is 11.3. The first-order valence-electron chi connectivity index (χ1n) is 7.72. The van der Waals surface area contributed by atoms with Crippen molar-refractivity contribution in [2.45, 2.75) is 26.0 Å². The largest absolute Gasteiger partial charge is 0.489 e. The van der Waals surface area contributed by atoms with Gasteiger partial charge in [-0.05, 0) is 42.8 Å². The summed E-state index contributed by atoms with van der Waals surface area (Å²) in [6, 6.07) is 16.3. The molecule has 0 spiro atoms. The number of rotatable bonds is 8. The maximum Gasteiger partial charge on any atom is 0.154 e. The Morgan fingerprint density at radius 2 is 2.04 bits per heavy atom. The summed E-state index contributed by atoms with van der Waals surface area (Å²) in [7, 11) is 0. The number of ether oxygens (including phenoxy) is 1. The van der Waals surface area contributed by atoms with E-state index in [1.165, 1.54) is 6.92 Å². The molecule has 0 aliphatic rings. The highest BCUT2D eigenvalue weighted by Crippen LogP contribution is 2.18. The Morgan fingerprint density at radius 3 is 2.68 bits per heavy atom. The second-order valence-corrected chi connectivity index (χ2v) is 5.77. The van der Waals surface area contributed by atoms with Gasteiger partial charge in [-0.2, -0.15) is 10.4 Å². The van der Waals surface area contributed by atoms with Crippen LogP contribution < -0.4 is 10.2 Å². The van der Waals surface area contributed by atoms with E-state index < -0.39 is 6.04 Å². The first-order valence-corrected chi connectivity index (χ1v) is 8.10. The summed E-state index contributed by atoms with van der Waals surface area (Å²) >= 11 is 6.09. The molecule has 0 saturated carbocycles. The number of hydrogen-bond acceptors (Lipinski definition) is 5. The van der Waals surface area contributed by atoms with Crippen LogP contribution in [0.2, 0.25) is 5.02 Å². The van der Waals surface area contributed by atoms with Crippen molar-refractivity contribution in [1.82, 2.24) is 5.43 Å². The fraction of sp³-hybridized carbons (Fsp3) is 0.211. The summed E-state index contributed by atoms with van der Waals surface area (Å²) in [5, 5.41) is 13.4. The lowest BCUT2D eigenvalue weighted by atomic mass is 10.2. The number of hydrazone groups is 1. The Hall–Kier alpha value is -2.84. The van der Waals surface area contributed by atoms with Gasteiger partial charge >= 0.3 is 0 Å². The maximum absolute atomic E-state index is 11.3. The Kier molecular flexibility index (Phi) is 7.00. The van der Waals surface area contributed by atoms with Crippen LogP contribution in [0.5, 0.6) is 5.75 Å². The number of nitrogens with one attached hydrogen (secondary N) is 1. The smallest absolute Gasteiger partial charge is 0.154 e. The van der Waals surface area contributed by atoms with Crippen molar-refractivity contribution in [1.29, 1.82) is 5.26 Å². The Labute approximate surface area is 151 Å². The van der Waals surface area contributed by atoms with Crippen LogP contribution >= 0.6 is 11.6 Å². The number of carbonyl (C=O) groups excluding carboxylic acids is 1. The van der Waals surface area contributed by atoms with Crippen molar-refractivity contribution in [3.05, 3.63) is 64.7 Å². The molecule has 5 nitrogen and oxygen atoms in total. The molecule has 6 heteroatoms. The maximum atomic E-state index is 11.3. The molecule has 0 radical (unpaired) electrons. The fourth-order valence-electron chi connectivity index (χ4n) is 2.00. The van der Waals surface area contributed by atoms with Crippen LogP contribution in [0.25, 0.3) is 0 Å². The Morgan fingerprint density at radius 1 is 1.32 bits per heavy atom. The molecule has 0 amide bonds. The quantitative estimate of drug-likeness (QED) is 0.578. The number of Topliss-reactive ketones (excluding diaryl/α,β-unsaturated/α-hetero) is 1. The molecule has 1 N–H and O–H groups in total. The minimum atomic E-state index is -0.584. The summed E-state index contributed by atoms with van der Waals surface area (Å²) in [5.74, 6) is 0.596. The average Bonchev–Trinajstić information content (AvgIpc) is 2.61. The third-order valence-electron chi connectivity index (χ3n) is 3.46.